The van der Waals surface area contributed by atoms with Crippen molar-refractivity contribution < 1.29 is 4.57 Å². The summed E-state index contributed by atoms with van der Waals surface area (Å²) in [6, 6.07) is 51.2. The molecule has 0 amide bonds. The molecule has 3 heteroatoms. The molecule has 1 atom stereocenters. The van der Waals surface area contributed by atoms with Crippen LogP contribution in [0.3, 0.4) is 0 Å². The average molecular weight is 542 g/mol. The molecule has 0 spiro atoms. The molecule has 2 nitrogen and oxygen atoms in total. The lowest BCUT2D eigenvalue weighted by Crippen LogP contribution is -2.31. The Hall–Kier alpha value is -3.97. The van der Waals surface area contributed by atoms with Crippen LogP contribution in [0.25, 0.3) is 0 Å². The summed E-state index contributed by atoms with van der Waals surface area (Å²) < 4.78 is 15.1. The molecule has 0 fully saturated rings. The van der Waals surface area contributed by atoms with Crippen molar-refractivity contribution in [3.8, 4) is 0 Å². The highest BCUT2D eigenvalue weighted by Gasteiger charge is 2.32. The predicted molar refractivity (Wildman–Crippen MR) is 170 cm³/mol. The first-order valence-corrected chi connectivity index (χ1v) is 15.7. The average Bonchev–Trinajstić information content (AvgIpc) is 3.04. The molecule has 5 aromatic carbocycles. The van der Waals surface area contributed by atoms with Crippen LogP contribution in [0, 0.1) is 0 Å². The molecule has 0 radical (unpaired) electrons. The minimum Gasteiger partial charge on any atom is -0.296 e. The van der Waals surface area contributed by atoms with Gasteiger partial charge in [-0.05, 0) is 66.6 Å². The highest BCUT2D eigenvalue weighted by atomic mass is 31.2. The molecule has 200 valence electrons. The lowest BCUT2D eigenvalue weighted by atomic mass is 9.92. The lowest BCUT2D eigenvalue weighted by Gasteiger charge is -2.29. The van der Waals surface area contributed by atoms with Crippen molar-refractivity contribution in [1.29, 1.82) is 0 Å². The number of rotatable bonds is 12. The molecule has 1 N–H and O–H groups in total. The van der Waals surface area contributed by atoms with Gasteiger partial charge in [0.1, 0.15) is 0 Å². The zero-order chi connectivity index (χ0) is 27.5. The maximum atomic E-state index is 15.1. The molecule has 0 aliphatic heterocycles. The molecule has 5 rings (SSSR count). The van der Waals surface area contributed by atoms with Gasteiger partial charge in [0.15, 0.2) is 0 Å². The normalized spacial score (nSPS) is 12.7. The number of nitrogens with one attached hydrogen (secondary N) is 1. The summed E-state index contributed by atoms with van der Waals surface area (Å²) in [5.41, 5.74) is 5.01. The van der Waals surface area contributed by atoms with E-state index in [1.54, 1.807) is 0 Å². The van der Waals surface area contributed by atoms with Gasteiger partial charge in [0.25, 0.3) is 0 Å². The summed E-state index contributed by atoms with van der Waals surface area (Å²) in [5.74, 6) is 0. The van der Waals surface area contributed by atoms with Crippen molar-refractivity contribution in [2.24, 2.45) is 0 Å². The number of aryl methyl sites for hydroxylation is 2. The minimum absolute atomic E-state index is 0.202. The van der Waals surface area contributed by atoms with Gasteiger partial charge in [-0.3, -0.25) is 4.57 Å². The third kappa shape index (κ3) is 7.16. The summed E-state index contributed by atoms with van der Waals surface area (Å²) in [4.78, 5) is 0. The number of allylic oxidation sites excluding steroid dienone is 1. The van der Waals surface area contributed by atoms with Gasteiger partial charge in [-0.1, -0.05) is 139 Å². The Bertz CT molecular complexity index is 1480. The molecule has 0 heterocycles. The third-order valence-corrected chi connectivity index (χ3v) is 9.95. The Morgan fingerprint density at radius 2 is 1.00 bits per heavy atom. The van der Waals surface area contributed by atoms with E-state index >= 15 is 4.57 Å². The van der Waals surface area contributed by atoms with Crippen molar-refractivity contribution in [2.45, 2.75) is 31.7 Å². The highest BCUT2D eigenvalue weighted by molar-refractivity contribution is 7.76. The number of hydrogen-bond donors (Lipinski definition) is 1. The Morgan fingerprint density at radius 3 is 1.50 bits per heavy atom. The molecule has 0 saturated carbocycles. The zero-order valence-electron chi connectivity index (χ0n) is 22.8. The van der Waals surface area contributed by atoms with E-state index in [-0.39, 0.29) is 6.04 Å². The summed E-state index contributed by atoms with van der Waals surface area (Å²) in [6.45, 7) is 0. The second kappa shape index (κ2) is 13.9. The van der Waals surface area contributed by atoms with Gasteiger partial charge >= 0.3 is 0 Å². The van der Waals surface area contributed by atoms with Crippen LogP contribution in [-0.4, -0.2) is 0 Å². The molecule has 0 bridgehead atoms. The SMILES string of the molecule is O=P(NC(/C(=C/CCc1ccccc1)CCc1ccccc1)c1ccccc1)(c1ccccc1)c1ccccc1. The van der Waals surface area contributed by atoms with E-state index in [1.807, 2.05) is 66.7 Å². The van der Waals surface area contributed by atoms with Crippen molar-refractivity contribution in [1.82, 2.24) is 5.09 Å². The maximum absolute atomic E-state index is 15.1. The fraction of sp³-hybridized carbons (Fsp3) is 0.135. The molecule has 0 aromatic heterocycles. The van der Waals surface area contributed by atoms with E-state index in [2.05, 4.69) is 96.1 Å². The monoisotopic (exact) mass is 541 g/mol. The van der Waals surface area contributed by atoms with Crippen LogP contribution in [-0.2, 0) is 17.4 Å². The molecule has 5 aromatic rings. The van der Waals surface area contributed by atoms with E-state index in [1.165, 1.54) is 16.7 Å². The first-order chi connectivity index (χ1) is 19.7. The summed E-state index contributed by atoms with van der Waals surface area (Å²) in [7, 11) is -3.18. The third-order valence-electron chi connectivity index (χ3n) is 7.28. The highest BCUT2D eigenvalue weighted by Crippen LogP contribution is 2.44. The Kier molecular flexibility index (Phi) is 9.59. The molecule has 1 unspecified atom stereocenters. The summed E-state index contributed by atoms with van der Waals surface area (Å²) in [5, 5.41) is 5.38. The largest absolute Gasteiger partial charge is 0.296 e. The fourth-order valence-corrected chi connectivity index (χ4v) is 7.60. The first kappa shape index (κ1) is 27.6. The van der Waals surface area contributed by atoms with Gasteiger partial charge in [0, 0.05) is 10.6 Å². The van der Waals surface area contributed by atoms with Crippen LogP contribution < -0.4 is 15.7 Å². The zero-order valence-corrected chi connectivity index (χ0v) is 23.7. The van der Waals surface area contributed by atoms with E-state index in [0.717, 1.165) is 41.9 Å². The molecule has 0 aliphatic carbocycles. The first-order valence-electron chi connectivity index (χ1n) is 14.0. The van der Waals surface area contributed by atoms with Crippen molar-refractivity contribution in [3.63, 3.8) is 0 Å². The van der Waals surface area contributed by atoms with Gasteiger partial charge in [-0.25, -0.2) is 5.09 Å². The standard InChI is InChI=1S/C37H36NOP/c39-40(35-25-12-4-13-26-35,36-27-14-5-15-28-36)38-37(33-22-10-3-11-23-33)34(30-29-32-19-8-2-9-20-32)24-16-21-31-17-6-1-7-18-31/h1-15,17-20,22-28,37H,16,21,29-30H2,(H,38,39)/b34-24+. The summed E-state index contributed by atoms with van der Waals surface area (Å²) >= 11 is 0. The van der Waals surface area contributed by atoms with E-state index in [4.69, 9.17) is 0 Å². The Morgan fingerprint density at radius 1 is 0.575 bits per heavy atom. The molecule has 0 saturated heterocycles. The van der Waals surface area contributed by atoms with Crippen molar-refractivity contribution in [3.05, 3.63) is 180 Å². The molecule has 0 aliphatic rings. The summed E-state index contributed by atoms with van der Waals surface area (Å²) in [6.07, 6.45) is 6.05. The van der Waals surface area contributed by atoms with Crippen LogP contribution >= 0.6 is 7.29 Å². The van der Waals surface area contributed by atoms with Gasteiger partial charge in [0.2, 0.25) is 7.29 Å². The van der Waals surface area contributed by atoms with Crippen LogP contribution in [0.15, 0.2) is 163 Å². The minimum atomic E-state index is -3.18. The van der Waals surface area contributed by atoms with Crippen molar-refractivity contribution >= 4 is 17.9 Å². The lowest BCUT2D eigenvalue weighted by molar-refractivity contribution is 0.568. The van der Waals surface area contributed by atoms with Gasteiger partial charge in [-0.15, -0.1) is 0 Å². The Labute approximate surface area is 238 Å². The maximum Gasteiger partial charge on any atom is 0.205 e. The predicted octanol–water partition coefficient (Wildman–Crippen LogP) is 8.44. The van der Waals surface area contributed by atoms with Gasteiger partial charge in [-0.2, -0.15) is 0 Å². The fourth-order valence-electron chi connectivity index (χ4n) is 5.14. The second-order valence-electron chi connectivity index (χ2n) is 10.0. The number of benzene rings is 5. The van der Waals surface area contributed by atoms with Gasteiger partial charge in [0.05, 0.1) is 6.04 Å². The van der Waals surface area contributed by atoms with Crippen molar-refractivity contribution in [2.75, 3.05) is 0 Å². The van der Waals surface area contributed by atoms with E-state index in [9.17, 15) is 0 Å². The second-order valence-corrected chi connectivity index (χ2v) is 12.6. The van der Waals surface area contributed by atoms with Crippen LogP contribution in [0.2, 0.25) is 0 Å². The smallest absolute Gasteiger partial charge is 0.205 e. The molecule has 40 heavy (non-hydrogen) atoms. The quantitative estimate of drug-likeness (QED) is 0.127. The van der Waals surface area contributed by atoms with Gasteiger partial charge < -0.3 is 0 Å². The Balaban J connectivity index is 1.55. The topological polar surface area (TPSA) is 29.1 Å². The van der Waals surface area contributed by atoms with Crippen LogP contribution in [0.4, 0.5) is 0 Å². The molecular weight excluding hydrogens is 505 g/mol. The molecular formula is C37H36NOP. The van der Waals surface area contributed by atoms with Crippen LogP contribution in [0.1, 0.15) is 35.6 Å². The van der Waals surface area contributed by atoms with E-state index in [0.29, 0.717) is 0 Å². The van der Waals surface area contributed by atoms with Crippen LogP contribution in [0.5, 0.6) is 0 Å². The van der Waals surface area contributed by atoms with E-state index < -0.39 is 7.29 Å². The number of hydrogen-bond acceptors (Lipinski definition) is 1.